The summed E-state index contributed by atoms with van der Waals surface area (Å²) in [6.07, 6.45) is 2.50. The van der Waals surface area contributed by atoms with E-state index in [-0.39, 0.29) is 23.9 Å². The van der Waals surface area contributed by atoms with Crippen LogP contribution in [0.1, 0.15) is 40.5 Å². The van der Waals surface area contributed by atoms with Crippen molar-refractivity contribution in [2.45, 2.75) is 40.5 Å². The number of rotatable bonds is 0. The van der Waals surface area contributed by atoms with Crippen molar-refractivity contribution >= 4 is 61.0 Å². The zero-order valence-electron chi connectivity index (χ0n) is 10.5. The first-order valence-corrected chi connectivity index (χ1v) is 9.71. The predicted molar refractivity (Wildman–Crippen MR) is 82.4 cm³/mol. The molecule has 0 atom stereocenters. The summed E-state index contributed by atoms with van der Waals surface area (Å²) >= 11 is 7.21. The Morgan fingerprint density at radius 2 is 0.647 bits per heavy atom. The third-order valence-corrected chi connectivity index (χ3v) is 0. The van der Waals surface area contributed by atoms with E-state index in [2.05, 4.69) is 51.3 Å². The monoisotopic (exact) mass is 438 g/mol. The first-order valence-electron chi connectivity index (χ1n) is 4.39. The Balaban J connectivity index is -0.0000000381. The molecule has 0 bridgehead atoms. The van der Waals surface area contributed by atoms with Gasteiger partial charge >= 0.3 is 37.3 Å². The minimum absolute atomic E-state index is 0. The van der Waals surface area contributed by atoms with Gasteiger partial charge in [-0.15, -0.1) is 0 Å². The molecule has 0 heterocycles. The molecule has 110 valence electrons. The summed E-state index contributed by atoms with van der Waals surface area (Å²) in [5.41, 5.74) is 0. The summed E-state index contributed by atoms with van der Waals surface area (Å²) in [5, 5.41) is 0. The van der Waals surface area contributed by atoms with Crippen molar-refractivity contribution in [3.05, 3.63) is 0 Å². The van der Waals surface area contributed by atoms with Crippen LogP contribution in [0, 0.1) is 0 Å². The van der Waals surface area contributed by atoms with Gasteiger partial charge in [-0.3, -0.25) is 0 Å². The van der Waals surface area contributed by atoms with Gasteiger partial charge in [-0.2, -0.15) is 0 Å². The molecule has 0 aromatic carbocycles. The van der Waals surface area contributed by atoms with E-state index in [0.29, 0.717) is 0 Å². The van der Waals surface area contributed by atoms with E-state index in [4.69, 9.17) is 29.4 Å². The molecule has 0 saturated carbocycles. The molecular formula is C6H24O6P2S2Sn. The maximum absolute atomic E-state index is 7.56. The van der Waals surface area contributed by atoms with Gasteiger partial charge in [0.2, 0.25) is 0 Å². The molecule has 2 radical (unpaired) electrons. The molecule has 0 spiro atoms. The summed E-state index contributed by atoms with van der Waals surface area (Å²) < 4.78 is 0. The summed E-state index contributed by atoms with van der Waals surface area (Å²) in [6.45, 7) is 0.889. The van der Waals surface area contributed by atoms with Gasteiger partial charge in [0.1, 0.15) is 0 Å². The molecule has 0 fully saturated rings. The van der Waals surface area contributed by atoms with Crippen molar-refractivity contribution in [2.75, 3.05) is 0 Å². The predicted octanol–water partition coefficient (Wildman–Crippen LogP) is 0.292. The first kappa shape index (κ1) is 31.3. The molecule has 6 nitrogen and oxygen atoms in total. The Morgan fingerprint density at radius 1 is 0.647 bits per heavy atom. The molecule has 0 unspecified atom stereocenters. The van der Waals surface area contributed by atoms with Gasteiger partial charge in [0.15, 0.2) is 0 Å². The molecule has 0 aromatic rings. The van der Waals surface area contributed by atoms with Crippen molar-refractivity contribution < 1.29 is 29.4 Å². The first-order chi connectivity index (χ1) is 6.83. The zero-order valence-corrected chi connectivity index (χ0v) is 18.0. The standard InChI is InChI=1S/2C3H8.2H3O3PS.Sn.2H/c2*1-3-2;2*1-4(2,3)5;;;/h2*3H2,1-2H3;2*(H3,1,2,3,5);;;. The fourth-order valence-corrected chi connectivity index (χ4v) is 0. The van der Waals surface area contributed by atoms with Crippen molar-refractivity contribution in [1.29, 1.82) is 0 Å². The molecule has 0 aromatic heterocycles. The van der Waals surface area contributed by atoms with Crippen LogP contribution in [0.4, 0.5) is 0 Å². The van der Waals surface area contributed by atoms with Gasteiger partial charge in [-0.05, 0) is 23.6 Å². The van der Waals surface area contributed by atoms with E-state index in [0.717, 1.165) is 0 Å². The fourth-order valence-electron chi connectivity index (χ4n) is 0. The van der Waals surface area contributed by atoms with Gasteiger partial charge in [0.25, 0.3) is 0 Å². The number of hydrogen-bond acceptors (Lipinski definition) is 2. The van der Waals surface area contributed by atoms with Crippen LogP contribution in [0.2, 0.25) is 0 Å². The molecule has 0 saturated heterocycles. The Kier molecular flexibility index (Phi) is 37.2. The third kappa shape index (κ3) is 1300. The Labute approximate surface area is 130 Å². The molecule has 0 aliphatic carbocycles. The van der Waals surface area contributed by atoms with Crippen LogP contribution in [0.25, 0.3) is 0 Å². The molecule has 6 N–H and O–H groups in total. The van der Waals surface area contributed by atoms with E-state index in [1.54, 1.807) is 0 Å². The van der Waals surface area contributed by atoms with Crippen LogP contribution in [-0.4, -0.2) is 53.3 Å². The fraction of sp³-hybridized carbons (Fsp3) is 1.00. The van der Waals surface area contributed by atoms with Crippen molar-refractivity contribution in [3.63, 3.8) is 0 Å². The molecule has 0 aliphatic rings. The van der Waals surface area contributed by atoms with Crippen molar-refractivity contribution in [2.24, 2.45) is 0 Å². The average molecular weight is 437 g/mol. The van der Waals surface area contributed by atoms with Crippen molar-refractivity contribution in [1.82, 2.24) is 0 Å². The van der Waals surface area contributed by atoms with Crippen LogP contribution >= 0.6 is 13.4 Å². The normalized spacial score (nSPS) is 9.06. The van der Waals surface area contributed by atoms with Gasteiger partial charge in [-0.25, -0.2) is 0 Å². The molecule has 0 aliphatic heterocycles. The van der Waals surface area contributed by atoms with Gasteiger partial charge in [-0.1, -0.05) is 40.5 Å². The summed E-state index contributed by atoms with van der Waals surface area (Å²) in [7, 11) is 0. The van der Waals surface area contributed by atoms with Gasteiger partial charge in [0.05, 0.1) is 0 Å². The molecule has 17 heavy (non-hydrogen) atoms. The van der Waals surface area contributed by atoms with E-state index in [1.807, 2.05) is 0 Å². The molecule has 0 rings (SSSR count). The molecule has 0 amide bonds. The van der Waals surface area contributed by atoms with Crippen LogP contribution in [0.3, 0.4) is 0 Å². The topological polar surface area (TPSA) is 121 Å². The Bertz CT molecular complexity index is 168. The Morgan fingerprint density at radius 3 is 0.647 bits per heavy atom. The summed E-state index contributed by atoms with van der Waals surface area (Å²) in [4.78, 5) is 45.3. The second kappa shape index (κ2) is 20.2. The Hall–Kier alpha value is 1.86. The molecule has 11 heteroatoms. The van der Waals surface area contributed by atoms with Crippen LogP contribution in [0.5, 0.6) is 0 Å². The van der Waals surface area contributed by atoms with E-state index >= 15 is 0 Å². The minimum atomic E-state index is -3.81. The summed E-state index contributed by atoms with van der Waals surface area (Å²) in [5.74, 6) is 0. The second-order valence-corrected chi connectivity index (χ2v) is 7.43. The second-order valence-electron chi connectivity index (χ2n) is 2.44. The summed E-state index contributed by atoms with van der Waals surface area (Å²) in [6, 6.07) is 0. The third-order valence-electron chi connectivity index (χ3n) is 0. The van der Waals surface area contributed by atoms with Crippen LogP contribution in [0.15, 0.2) is 0 Å². The zero-order chi connectivity index (χ0) is 14.4. The van der Waals surface area contributed by atoms with Crippen LogP contribution in [-0.2, 0) is 23.6 Å². The van der Waals surface area contributed by atoms with Gasteiger partial charge < -0.3 is 29.4 Å². The quantitative estimate of drug-likeness (QED) is 0.237. The van der Waals surface area contributed by atoms with Crippen LogP contribution < -0.4 is 0 Å². The van der Waals surface area contributed by atoms with E-state index in [9.17, 15) is 0 Å². The molecular weight excluding hydrogens is 413 g/mol. The average Bonchev–Trinajstić information content (AvgIpc) is 1.79. The van der Waals surface area contributed by atoms with E-state index in [1.165, 1.54) is 12.8 Å². The van der Waals surface area contributed by atoms with Gasteiger partial charge in [0, 0.05) is 0 Å². The SMILES string of the molecule is CCC.CCC.OP(O)(O)=S.OP(O)(O)=S.[SnH2]. The van der Waals surface area contributed by atoms with Crippen molar-refractivity contribution in [3.8, 4) is 0 Å². The number of hydrogen-bond donors (Lipinski definition) is 6. The van der Waals surface area contributed by atoms with E-state index < -0.39 is 13.4 Å². The maximum atomic E-state index is 7.56.